The largest absolute Gasteiger partial charge is 0.507 e. The molecule has 0 atom stereocenters. The van der Waals surface area contributed by atoms with Crippen molar-refractivity contribution in [2.75, 3.05) is 21.3 Å². The van der Waals surface area contributed by atoms with Gasteiger partial charge in [0.1, 0.15) is 5.76 Å². The zero-order valence-corrected chi connectivity index (χ0v) is 16.3. The number of carbonyl (C=O) groups is 1. The van der Waals surface area contributed by atoms with Crippen LogP contribution in [0.1, 0.15) is 35.2 Å². The van der Waals surface area contributed by atoms with E-state index in [2.05, 4.69) is 0 Å². The third kappa shape index (κ3) is 3.88. The normalized spacial score (nSPS) is 15.5. The number of benzene rings is 2. The van der Waals surface area contributed by atoms with Crippen molar-refractivity contribution < 1.29 is 24.1 Å². The van der Waals surface area contributed by atoms with Crippen molar-refractivity contribution in [2.24, 2.45) is 0 Å². The first-order chi connectivity index (χ1) is 13.6. The first-order valence-electron chi connectivity index (χ1n) is 9.11. The van der Waals surface area contributed by atoms with Crippen LogP contribution >= 0.6 is 0 Å². The number of aliphatic hydroxyl groups excluding tert-OH is 1. The van der Waals surface area contributed by atoms with Gasteiger partial charge < -0.3 is 19.3 Å². The molecule has 0 spiro atoms. The number of rotatable bonds is 6. The summed E-state index contributed by atoms with van der Waals surface area (Å²) in [4.78, 5) is 12.8. The molecule has 2 aromatic rings. The van der Waals surface area contributed by atoms with E-state index in [1.54, 1.807) is 33.5 Å². The lowest BCUT2D eigenvalue weighted by Crippen LogP contribution is -2.12. The van der Waals surface area contributed by atoms with Gasteiger partial charge in [0.25, 0.3) is 0 Å². The van der Waals surface area contributed by atoms with Gasteiger partial charge in [-0.3, -0.25) is 4.79 Å². The van der Waals surface area contributed by atoms with Crippen molar-refractivity contribution in [3.63, 3.8) is 0 Å². The molecule has 2 aromatic carbocycles. The molecule has 0 fully saturated rings. The molecule has 0 saturated heterocycles. The fraction of sp³-hybridized carbons (Fsp3) is 0.261. The molecule has 1 N–H and O–H groups in total. The number of aliphatic hydroxyl groups is 1. The molecule has 0 unspecified atom stereocenters. The zero-order valence-electron chi connectivity index (χ0n) is 16.3. The van der Waals surface area contributed by atoms with Crippen molar-refractivity contribution in [2.45, 2.75) is 19.3 Å². The molecule has 0 radical (unpaired) electrons. The molecule has 1 aliphatic carbocycles. The van der Waals surface area contributed by atoms with Crippen LogP contribution in [0.25, 0.3) is 6.08 Å². The number of ether oxygens (including phenoxy) is 3. The maximum Gasteiger partial charge on any atom is 0.203 e. The Balaban J connectivity index is 2.01. The minimum Gasteiger partial charge on any atom is -0.507 e. The third-order valence-corrected chi connectivity index (χ3v) is 4.80. The maximum absolute atomic E-state index is 12.8. The molecular weight excluding hydrogens is 356 g/mol. The minimum absolute atomic E-state index is 0.0638. The van der Waals surface area contributed by atoms with Crippen LogP contribution in [0.3, 0.4) is 0 Å². The van der Waals surface area contributed by atoms with E-state index in [-0.39, 0.29) is 11.5 Å². The van der Waals surface area contributed by atoms with Gasteiger partial charge in [-0.25, -0.2) is 0 Å². The number of methoxy groups -OCH3 is 3. The molecule has 3 rings (SSSR count). The second kappa shape index (κ2) is 8.65. The zero-order chi connectivity index (χ0) is 20.1. The van der Waals surface area contributed by atoms with Gasteiger partial charge in [-0.2, -0.15) is 0 Å². The highest BCUT2D eigenvalue weighted by atomic mass is 16.5. The number of carbonyl (C=O) groups excluding carboxylic acids is 1. The van der Waals surface area contributed by atoms with Gasteiger partial charge in [-0.15, -0.1) is 0 Å². The van der Waals surface area contributed by atoms with Crippen LogP contribution in [0.4, 0.5) is 0 Å². The van der Waals surface area contributed by atoms with Gasteiger partial charge in [0.2, 0.25) is 5.75 Å². The Labute approximate surface area is 164 Å². The predicted molar refractivity (Wildman–Crippen MR) is 108 cm³/mol. The van der Waals surface area contributed by atoms with Gasteiger partial charge in [0, 0.05) is 11.1 Å². The fourth-order valence-electron chi connectivity index (χ4n) is 3.40. The molecule has 28 heavy (non-hydrogen) atoms. The number of allylic oxidation sites excluding steroid dienone is 2. The predicted octanol–water partition coefficient (Wildman–Crippen LogP) is 4.97. The molecule has 5 nitrogen and oxygen atoms in total. The lowest BCUT2D eigenvalue weighted by molar-refractivity contribution is 0.102. The molecule has 0 aromatic heterocycles. The fourth-order valence-corrected chi connectivity index (χ4v) is 3.40. The first kappa shape index (κ1) is 19.5. The summed E-state index contributed by atoms with van der Waals surface area (Å²) in [5, 5.41) is 10.8. The highest BCUT2D eigenvalue weighted by Gasteiger charge is 2.23. The summed E-state index contributed by atoms with van der Waals surface area (Å²) >= 11 is 0. The number of hydrogen-bond acceptors (Lipinski definition) is 5. The minimum atomic E-state index is -0.131. The van der Waals surface area contributed by atoms with Crippen molar-refractivity contribution in [1.82, 2.24) is 0 Å². The van der Waals surface area contributed by atoms with Gasteiger partial charge in [-0.05, 0) is 48.6 Å². The van der Waals surface area contributed by atoms with Gasteiger partial charge in [0.15, 0.2) is 17.3 Å². The van der Waals surface area contributed by atoms with Crippen LogP contribution in [0.5, 0.6) is 17.2 Å². The van der Waals surface area contributed by atoms with Crippen molar-refractivity contribution >= 4 is 11.9 Å². The molecule has 0 bridgehead atoms. The third-order valence-electron chi connectivity index (χ3n) is 4.80. The highest BCUT2D eigenvalue weighted by Crippen LogP contribution is 2.40. The summed E-state index contributed by atoms with van der Waals surface area (Å²) in [5.41, 5.74) is 2.55. The molecule has 1 aliphatic rings. The van der Waals surface area contributed by atoms with E-state index in [1.165, 1.54) is 0 Å². The Kier molecular flexibility index (Phi) is 6.04. The van der Waals surface area contributed by atoms with Crippen LogP contribution in [-0.2, 0) is 0 Å². The summed E-state index contributed by atoms with van der Waals surface area (Å²) in [6.07, 6.45) is 3.91. The van der Waals surface area contributed by atoms with E-state index in [0.29, 0.717) is 41.2 Å². The van der Waals surface area contributed by atoms with E-state index in [4.69, 9.17) is 14.2 Å². The highest BCUT2D eigenvalue weighted by molar-refractivity contribution is 6.09. The molecule has 0 aliphatic heterocycles. The maximum atomic E-state index is 12.8. The Morgan fingerprint density at radius 3 is 2.18 bits per heavy atom. The van der Waals surface area contributed by atoms with E-state index >= 15 is 0 Å². The second-order valence-corrected chi connectivity index (χ2v) is 6.50. The summed E-state index contributed by atoms with van der Waals surface area (Å²) in [5.74, 6) is 1.51. The van der Waals surface area contributed by atoms with Crippen molar-refractivity contribution in [3.8, 4) is 17.2 Å². The van der Waals surface area contributed by atoms with Gasteiger partial charge >= 0.3 is 0 Å². The van der Waals surface area contributed by atoms with Crippen molar-refractivity contribution in [3.05, 3.63) is 70.5 Å². The van der Waals surface area contributed by atoms with Gasteiger partial charge in [0.05, 0.1) is 21.3 Å². The Hall–Kier alpha value is -3.21. The number of hydrogen-bond donors (Lipinski definition) is 1. The Bertz CT molecular complexity index is 900. The summed E-state index contributed by atoms with van der Waals surface area (Å²) < 4.78 is 16.1. The van der Waals surface area contributed by atoms with E-state index < -0.39 is 0 Å². The average molecular weight is 380 g/mol. The van der Waals surface area contributed by atoms with Crippen LogP contribution in [0.15, 0.2) is 59.4 Å². The smallest absolute Gasteiger partial charge is 0.203 e. The van der Waals surface area contributed by atoms with E-state index in [9.17, 15) is 9.90 Å². The van der Waals surface area contributed by atoms with Gasteiger partial charge in [-0.1, -0.05) is 30.3 Å². The summed E-state index contributed by atoms with van der Waals surface area (Å²) in [7, 11) is 4.67. The molecule has 146 valence electrons. The second-order valence-electron chi connectivity index (χ2n) is 6.50. The van der Waals surface area contributed by atoms with Crippen LogP contribution in [0, 0.1) is 0 Å². The van der Waals surface area contributed by atoms with Crippen LogP contribution in [0.2, 0.25) is 0 Å². The van der Waals surface area contributed by atoms with Crippen molar-refractivity contribution in [1.29, 1.82) is 0 Å². The van der Waals surface area contributed by atoms with E-state index in [1.807, 2.05) is 36.4 Å². The number of ketones is 1. The number of Topliss-reactive ketones (excluding diaryl/α,β-unsaturated/α-hetero) is 1. The topological polar surface area (TPSA) is 65.0 Å². The standard InChI is InChI=1S/C23H24O5/c1-26-19-13-15(14-20(27-2)23(19)28-3)12-17-10-7-11-18(22(17)25)21(24)16-8-5-4-6-9-16/h4-6,8-9,12-14,25H,7,10-11H2,1-3H3/b17-12+. The first-order valence-corrected chi connectivity index (χ1v) is 9.11. The SMILES string of the molecule is COc1cc(/C=C2\CCCC(C(=O)c3ccccc3)=C2O)cc(OC)c1OC. The summed E-state index contributed by atoms with van der Waals surface area (Å²) in [6, 6.07) is 12.7. The quantitative estimate of drug-likeness (QED) is 0.717. The average Bonchev–Trinajstić information content (AvgIpc) is 2.74. The summed E-state index contributed by atoms with van der Waals surface area (Å²) in [6.45, 7) is 0. The lowest BCUT2D eigenvalue weighted by Gasteiger charge is -2.19. The molecule has 0 amide bonds. The molecule has 5 heteroatoms. The lowest BCUT2D eigenvalue weighted by atomic mass is 9.88. The molecule has 0 heterocycles. The Morgan fingerprint density at radius 2 is 1.61 bits per heavy atom. The Morgan fingerprint density at radius 1 is 0.964 bits per heavy atom. The van der Waals surface area contributed by atoms with Crippen LogP contribution in [-0.4, -0.2) is 32.2 Å². The molecular formula is C23H24O5. The van der Waals surface area contributed by atoms with E-state index in [0.717, 1.165) is 17.6 Å². The monoisotopic (exact) mass is 380 g/mol. The van der Waals surface area contributed by atoms with Crippen LogP contribution < -0.4 is 14.2 Å². The molecule has 0 saturated carbocycles.